The second-order valence-corrected chi connectivity index (χ2v) is 5.40. The van der Waals surface area contributed by atoms with Crippen molar-refractivity contribution < 1.29 is 19.1 Å². The number of carboxylic acids is 1. The van der Waals surface area contributed by atoms with Gasteiger partial charge < -0.3 is 10.4 Å². The molecule has 0 saturated heterocycles. The van der Waals surface area contributed by atoms with Gasteiger partial charge >= 0.3 is 5.97 Å². The van der Waals surface area contributed by atoms with Gasteiger partial charge in [-0.2, -0.15) is 0 Å². The molecule has 2 rings (SSSR count). The molecule has 0 radical (unpaired) electrons. The first kappa shape index (κ1) is 15.2. The second-order valence-electron chi connectivity index (χ2n) is 5.40. The number of carbonyl (C=O) groups is 2. The molecular formula is C16H18FNO3. The van der Waals surface area contributed by atoms with Crippen LogP contribution < -0.4 is 5.32 Å². The van der Waals surface area contributed by atoms with E-state index in [1.54, 1.807) is 25.1 Å². The minimum atomic E-state index is -0.801. The number of carbonyl (C=O) groups excluding carboxylic acids is 1. The Labute approximate surface area is 122 Å². The molecule has 0 spiro atoms. The smallest absolute Gasteiger partial charge is 0.306 e. The third-order valence-electron chi connectivity index (χ3n) is 3.73. The zero-order valence-corrected chi connectivity index (χ0v) is 11.8. The van der Waals surface area contributed by atoms with E-state index >= 15 is 0 Å². The fourth-order valence-electron chi connectivity index (χ4n) is 2.51. The van der Waals surface area contributed by atoms with Crippen LogP contribution in [0.2, 0.25) is 0 Å². The Kier molecular flexibility index (Phi) is 4.73. The molecule has 0 bridgehead atoms. The highest BCUT2D eigenvalue weighted by Gasteiger charge is 2.30. The van der Waals surface area contributed by atoms with E-state index in [4.69, 9.17) is 5.11 Å². The summed E-state index contributed by atoms with van der Waals surface area (Å²) in [5.41, 5.74) is 1.26. The Morgan fingerprint density at radius 1 is 1.29 bits per heavy atom. The molecule has 2 atom stereocenters. The summed E-state index contributed by atoms with van der Waals surface area (Å²) in [5.74, 6) is -1.70. The maximum absolute atomic E-state index is 12.8. The summed E-state index contributed by atoms with van der Waals surface area (Å²) in [4.78, 5) is 22.9. The van der Waals surface area contributed by atoms with Gasteiger partial charge in [-0.25, -0.2) is 4.39 Å². The van der Waals surface area contributed by atoms with Crippen molar-refractivity contribution in [2.45, 2.75) is 32.2 Å². The summed E-state index contributed by atoms with van der Waals surface area (Å²) in [6.45, 7) is 1.68. The molecule has 1 aromatic carbocycles. The molecule has 1 aliphatic carbocycles. The Bertz CT molecular complexity index is 565. The van der Waals surface area contributed by atoms with Crippen LogP contribution in [0.1, 0.15) is 31.7 Å². The van der Waals surface area contributed by atoms with Crippen LogP contribution in [0.25, 0.3) is 6.08 Å². The minimum absolute atomic E-state index is 0.0878. The molecule has 1 fully saturated rings. The second kappa shape index (κ2) is 6.52. The summed E-state index contributed by atoms with van der Waals surface area (Å²) in [7, 11) is 0. The molecule has 2 N–H and O–H groups in total. The van der Waals surface area contributed by atoms with E-state index in [-0.39, 0.29) is 23.7 Å². The van der Waals surface area contributed by atoms with Crippen LogP contribution in [0.15, 0.2) is 29.8 Å². The van der Waals surface area contributed by atoms with Crippen LogP contribution in [0.3, 0.4) is 0 Å². The van der Waals surface area contributed by atoms with Gasteiger partial charge in [0.1, 0.15) is 5.82 Å². The van der Waals surface area contributed by atoms with Crippen molar-refractivity contribution in [1.82, 2.24) is 5.32 Å². The largest absolute Gasteiger partial charge is 0.481 e. The van der Waals surface area contributed by atoms with E-state index in [9.17, 15) is 14.0 Å². The molecule has 5 heteroatoms. The summed E-state index contributed by atoms with van der Waals surface area (Å²) < 4.78 is 12.8. The number of benzene rings is 1. The molecule has 21 heavy (non-hydrogen) atoms. The number of hydrogen-bond donors (Lipinski definition) is 2. The normalized spacial score (nSPS) is 22.1. The molecule has 0 aromatic heterocycles. The summed E-state index contributed by atoms with van der Waals surface area (Å²) in [6.07, 6.45) is 3.44. The number of amides is 1. The van der Waals surface area contributed by atoms with E-state index in [0.717, 1.165) is 5.56 Å². The Morgan fingerprint density at radius 2 is 1.95 bits per heavy atom. The number of aliphatic carboxylic acids is 1. The van der Waals surface area contributed by atoms with Crippen molar-refractivity contribution in [2.24, 2.45) is 5.92 Å². The predicted molar refractivity (Wildman–Crippen MR) is 77.0 cm³/mol. The number of nitrogens with one attached hydrogen (secondary N) is 1. The number of rotatable bonds is 4. The summed E-state index contributed by atoms with van der Waals surface area (Å²) in [5, 5.41) is 11.8. The molecule has 1 aromatic rings. The number of halogens is 1. The lowest BCUT2D eigenvalue weighted by Crippen LogP contribution is -2.33. The third-order valence-corrected chi connectivity index (χ3v) is 3.73. The van der Waals surface area contributed by atoms with Gasteiger partial charge in [0.25, 0.3) is 0 Å². The van der Waals surface area contributed by atoms with Crippen LogP contribution >= 0.6 is 0 Å². The quantitative estimate of drug-likeness (QED) is 0.838. The lowest BCUT2D eigenvalue weighted by Gasteiger charge is -2.12. The van der Waals surface area contributed by atoms with Gasteiger partial charge in [0.15, 0.2) is 0 Å². The predicted octanol–water partition coefficient (Wildman–Crippen LogP) is 2.60. The average molecular weight is 291 g/mol. The van der Waals surface area contributed by atoms with Crippen molar-refractivity contribution in [2.75, 3.05) is 0 Å². The van der Waals surface area contributed by atoms with Crippen LogP contribution in [-0.2, 0) is 9.59 Å². The van der Waals surface area contributed by atoms with E-state index in [2.05, 4.69) is 5.32 Å². The van der Waals surface area contributed by atoms with Gasteiger partial charge in [-0.15, -0.1) is 0 Å². The lowest BCUT2D eigenvalue weighted by atomic mass is 10.1. The Balaban J connectivity index is 1.94. The Hall–Kier alpha value is -2.17. The van der Waals surface area contributed by atoms with Crippen LogP contribution in [0.4, 0.5) is 4.39 Å². The van der Waals surface area contributed by atoms with Gasteiger partial charge in [0, 0.05) is 11.6 Å². The molecule has 1 aliphatic rings. The number of carboxylic acid groups (broad SMARTS) is 1. The highest BCUT2D eigenvalue weighted by molar-refractivity contribution is 5.97. The van der Waals surface area contributed by atoms with Gasteiger partial charge in [-0.1, -0.05) is 12.1 Å². The fourth-order valence-corrected chi connectivity index (χ4v) is 2.51. The maximum Gasteiger partial charge on any atom is 0.306 e. The van der Waals surface area contributed by atoms with Crippen LogP contribution in [0.5, 0.6) is 0 Å². The molecule has 112 valence electrons. The van der Waals surface area contributed by atoms with E-state index < -0.39 is 5.97 Å². The zero-order chi connectivity index (χ0) is 15.4. The molecule has 0 aliphatic heterocycles. The molecule has 2 unspecified atom stereocenters. The van der Waals surface area contributed by atoms with Crippen LogP contribution in [-0.4, -0.2) is 23.0 Å². The third kappa shape index (κ3) is 4.15. The molecular weight excluding hydrogens is 273 g/mol. The van der Waals surface area contributed by atoms with Crippen molar-refractivity contribution in [3.05, 3.63) is 41.2 Å². The first-order valence-electron chi connectivity index (χ1n) is 6.93. The summed E-state index contributed by atoms with van der Waals surface area (Å²) in [6, 6.07) is 5.79. The van der Waals surface area contributed by atoms with E-state index in [0.29, 0.717) is 24.8 Å². The van der Waals surface area contributed by atoms with Gasteiger partial charge in [-0.3, -0.25) is 9.59 Å². The SMILES string of the molecule is C/C(=C/c1ccc(F)cc1)C(=O)NC1CCC(C(=O)O)C1. The van der Waals surface area contributed by atoms with Crippen molar-refractivity contribution in [3.8, 4) is 0 Å². The molecule has 1 amide bonds. The zero-order valence-electron chi connectivity index (χ0n) is 11.8. The van der Waals surface area contributed by atoms with Crippen molar-refractivity contribution >= 4 is 18.0 Å². The molecule has 0 heterocycles. The average Bonchev–Trinajstić information content (AvgIpc) is 2.90. The van der Waals surface area contributed by atoms with E-state index in [1.165, 1.54) is 12.1 Å². The monoisotopic (exact) mass is 291 g/mol. The number of hydrogen-bond acceptors (Lipinski definition) is 2. The van der Waals surface area contributed by atoms with E-state index in [1.807, 2.05) is 0 Å². The highest BCUT2D eigenvalue weighted by Crippen LogP contribution is 2.25. The van der Waals surface area contributed by atoms with Gasteiger partial charge in [0.2, 0.25) is 5.91 Å². The first-order valence-corrected chi connectivity index (χ1v) is 6.93. The Morgan fingerprint density at radius 3 is 2.52 bits per heavy atom. The summed E-state index contributed by atoms with van der Waals surface area (Å²) >= 11 is 0. The minimum Gasteiger partial charge on any atom is -0.481 e. The highest BCUT2D eigenvalue weighted by atomic mass is 19.1. The molecule has 4 nitrogen and oxygen atoms in total. The van der Waals surface area contributed by atoms with Crippen LogP contribution in [0, 0.1) is 11.7 Å². The topological polar surface area (TPSA) is 66.4 Å². The fraction of sp³-hybridized carbons (Fsp3) is 0.375. The van der Waals surface area contributed by atoms with Crippen molar-refractivity contribution in [1.29, 1.82) is 0 Å². The maximum atomic E-state index is 12.8. The van der Waals surface area contributed by atoms with Gasteiger partial charge in [0.05, 0.1) is 5.92 Å². The standard InChI is InChI=1S/C16H18FNO3/c1-10(8-11-2-5-13(17)6-3-11)15(19)18-14-7-4-12(9-14)16(20)21/h2-3,5-6,8,12,14H,4,7,9H2,1H3,(H,18,19)(H,20,21)/b10-8-. The van der Waals surface area contributed by atoms with Gasteiger partial charge in [-0.05, 0) is 50.0 Å². The first-order chi connectivity index (χ1) is 9.95. The lowest BCUT2D eigenvalue weighted by molar-refractivity contribution is -0.141. The van der Waals surface area contributed by atoms with Crippen molar-refractivity contribution in [3.63, 3.8) is 0 Å². The molecule has 1 saturated carbocycles.